The van der Waals surface area contributed by atoms with Crippen LogP contribution >= 0.6 is 0 Å². The summed E-state index contributed by atoms with van der Waals surface area (Å²) in [7, 11) is -4.87. The fourth-order valence-corrected chi connectivity index (χ4v) is 6.82. The van der Waals surface area contributed by atoms with Crippen LogP contribution in [0.4, 0.5) is 20.2 Å². The molecule has 4 rings (SSSR count). The molecule has 1 aliphatic carbocycles. The van der Waals surface area contributed by atoms with E-state index in [9.17, 15) is 25.6 Å². The van der Waals surface area contributed by atoms with E-state index in [-0.39, 0.29) is 16.2 Å². The third-order valence-corrected chi connectivity index (χ3v) is 10.1. The van der Waals surface area contributed by atoms with Crippen LogP contribution in [0.25, 0.3) is 0 Å². The third kappa shape index (κ3) is 5.51. The number of halogens is 2. The van der Waals surface area contributed by atoms with Crippen LogP contribution in [0.2, 0.25) is 0 Å². The van der Waals surface area contributed by atoms with Gasteiger partial charge >= 0.3 is 0 Å². The van der Waals surface area contributed by atoms with Gasteiger partial charge in [0.05, 0.1) is 27.2 Å². The minimum absolute atomic E-state index is 0.00624. The molecule has 0 amide bonds. The smallest absolute Gasteiger partial charge is 0.263 e. The van der Waals surface area contributed by atoms with Crippen molar-refractivity contribution in [2.24, 2.45) is 0 Å². The van der Waals surface area contributed by atoms with Gasteiger partial charge in [-0.3, -0.25) is 9.62 Å². The molecule has 0 aromatic heterocycles. The lowest BCUT2D eigenvalue weighted by Crippen LogP contribution is -2.56. The van der Waals surface area contributed by atoms with Gasteiger partial charge in [0, 0.05) is 46.7 Å². The largest absolute Gasteiger partial charge is 0.367 e. The number of rotatable bonds is 7. The molecule has 2 aromatic rings. The monoisotopic (exact) mass is 542 g/mol. The first-order chi connectivity index (χ1) is 16.9. The van der Waals surface area contributed by atoms with Gasteiger partial charge in [0.2, 0.25) is 10.0 Å². The highest BCUT2D eigenvalue weighted by Crippen LogP contribution is 2.38. The van der Waals surface area contributed by atoms with E-state index in [0.717, 1.165) is 10.7 Å². The van der Waals surface area contributed by atoms with Gasteiger partial charge < -0.3 is 4.90 Å². The summed E-state index contributed by atoms with van der Waals surface area (Å²) in [6.45, 7) is 1.96. The number of sulfonamides is 2. The SMILES string of the molecule is CN(C)S(=O)(=O)c1ccc(S(=O)(=O)Nc2ccccc2N2CCN(C3CCCCC3(F)F)CC2)cc1. The quantitative estimate of drug-likeness (QED) is 0.577. The van der Waals surface area contributed by atoms with Crippen LogP contribution in [-0.2, 0) is 20.0 Å². The Labute approximate surface area is 212 Å². The first-order valence-electron chi connectivity index (χ1n) is 11.9. The van der Waals surface area contributed by atoms with E-state index in [1.165, 1.54) is 38.4 Å². The minimum Gasteiger partial charge on any atom is -0.367 e. The normalized spacial score (nSPS) is 21.5. The van der Waals surface area contributed by atoms with Crippen molar-refractivity contribution in [2.75, 3.05) is 49.9 Å². The molecule has 1 aliphatic heterocycles. The highest BCUT2D eigenvalue weighted by Gasteiger charge is 2.45. The maximum Gasteiger partial charge on any atom is 0.263 e. The van der Waals surface area contributed by atoms with E-state index in [1.807, 2.05) is 9.80 Å². The number of hydrogen-bond acceptors (Lipinski definition) is 6. The Morgan fingerprint density at radius 1 is 0.889 bits per heavy atom. The summed E-state index contributed by atoms with van der Waals surface area (Å²) in [4.78, 5) is 3.79. The Morgan fingerprint density at radius 3 is 2.11 bits per heavy atom. The molecule has 198 valence electrons. The summed E-state index contributed by atoms with van der Waals surface area (Å²) in [6, 6.07) is 11.3. The van der Waals surface area contributed by atoms with Gasteiger partial charge in [0.1, 0.15) is 0 Å². The summed E-state index contributed by atoms with van der Waals surface area (Å²) < 4.78 is 83.3. The molecule has 0 spiro atoms. The maximum absolute atomic E-state index is 14.4. The summed E-state index contributed by atoms with van der Waals surface area (Å²) in [5, 5.41) is 0. The van der Waals surface area contributed by atoms with Crippen LogP contribution in [0.15, 0.2) is 58.3 Å². The molecule has 36 heavy (non-hydrogen) atoms. The molecule has 1 heterocycles. The van der Waals surface area contributed by atoms with Gasteiger partial charge in [-0.25, -0.2) is 29.9 Å². The van der Waals surface area contributed by atoms with Crippen LogP contribution in [0.1, 0.15) is 25.7 Å². The van der Waals surface area contributed by atoms with E-state index in [0.29, 0.717) is 50.4 Å². The number of nitrogens with zero attached hydrogens (tertiary/aromatic N) is 3. The van der Waals surface area contributed by atoms with Gasteiger partial charge in [-0.2, -0.15) is 0 Å². The fraction of sp³-hybridized carbons (Fsp3) is 0.500. The highest BCUT2D eigenvalue weighted by molar-refractivity contribution is 7.92. The number of nitrogens with one attached hydrogen (secondary N) is 1. The lowest BCUT2D eigenvalue weighted by atomic mass is 9.90. The van der Waals surface area contributed by atoms with Crippen molar-refractivity contribution in [3.63, 3.8) is 0 Å². The number of hydrogen-bond donors (Lipinski definition) is 1. The van der Waals surface area contributed by atoms with Crippen LogP contribution in [-0.4, -0.2) is 78.3 Å². The Morgan fingerprint density at radius 2 is 1.50 bits per heavy atom. The number of anilines is 2. The molecule has 1 saturated heterocycles. The second-order valence-corrected chi connectivity index (χ2v) is 13.3. The zero-order valence-corrected chi connectivity index (χ0v) is 22.0. The molecule has 2 aliphatic rings. The van der Waals surface area contributed by atoms with Gasteiger partial charge in [-0.05, 0) is 49.2 Å². The molecule has 1 saturated carbocycles. The molecule has 2 fully saturated rings. The topological polar surface area (TPSA) is 90.0 Å². The molecule has 12 heteroatoms. The average Bonchev–Trinajstić information content (AvgIpc) is 2.84. The second kappa shape index (κ2) is 10.2. The highest BCUT2D eigenvalue weighted by atomic mass is 32.2. The van der Waals surface area contributed by atoms with Crippen LogP contribution in [0.5, 0.6) is 0 Å². The van der Waals surface area contributed by atoms with Gasteiger partial charge in [-0.1, -0.05) is 18.6 Å². The van der Waals surface area contributed by atoms with E-state index >= 15 is 0 Å². The van der Waals surface area contributed by atoms with E-state index in [2.05, 4.69) is 4.72 Å². The van der Waals surface area contributed by atoms with Crippen LogP contribution in [0, 0.1) is 0 Å². The Hall–Kier alpha value is -2.28. The van der Waals surface area contributed by atoms with Crippen molar-refractivity contribution in [2.45, 2.75) is 47.4 Å². The predicted molar refractivity (Wildman–Crippen MR) is 136 cm³/mol. The average molecular weight is 543 g/mol. The molecule has 1 unspecified atom stereocenters. The number of alkyl halides is 2. The molecule has 2 aromatic carbocycles. The second-order valence-electron chi connectivity index (χ2n) is 9.43. The zero-order chi connectivity index (χ0) is 26.1. The van der Waals surface area contributed by atoms with Crippen LogP contribution in [0.3, 0.4) is 0 Å². The molecule has 8 nitrogen and oxygen atoms in total. The summed E-state index contributed by atoms with van der Waals surface area (Å²) in [5.74, 6) is -2.67. The molecule has 1 atom stereocenters. The fourth-order valence-electron chi connectivity index (χ4n) is 4.84. The number of benzene rings is 2. The molecule has 0 radical (unpaired) electrons. The summed E-state index contributed by atoms with van der Waals surface area (Å²) in [5.41, 5.74) is 1.04. The Balaban J connectivity index is 1.48. The van der Waals surface area contributed by atoms with E-state index < -0.39 is 32.0 Å². The zero-order valence-electron chi connectivity index (χ0n) is 20.4. The number of piperazine rings is 1. The van der Waals surface area contributed by atoms with Gasteiger partial charge in [-0.15, -0.1) is 0 Å². The molecular weight excluding hydrogens is 510 g/mol. The Bertz CT molecular complexity index is 1280. The minimum atomic E-state index is -3.99. The number of para-hydroxylation sites is 2. The predicted octanol–water partition coefficient (Wildman–Crippen LogP) is 3.44. The van der Waals surface area contributed by atoms with Crippen molar-refractivity contribution in [3.8, 4) is 0 Å². The third-order valence-electron chi connectivity index (χ3n) is 6.88. The lowest BCUT2D eigenvalue weighted by molar-refractivity contribution is -0.107. The molecule has 1 N–H and O–H groups in total. The standard InChI is InChI=1S/C24H32F2N4O4S2/c1-28(2)36(33,34)20-12-10-19(11-13-20)35(31,32)27-21-7-3-4-8-22(21)29-15-17-30(18-16-29)23-9-5-6-14-24(23,25)26/h3-4,7-8,10-13,23,27H,5-6,9,14-18H2,1-2H3. The first kappa shape index (κ1) is 26.8. The van der Waals surface area contributed by atoms with Crippen molar-refractivity contribution in [1.29, 1.82) is 0 Å². The van der Waals surface area contributed by atoms with Crippen LogP contribution < -0.4 is 9.62 Å². The molecule has 0 bridgehead atoms. The van der Waals surface area contributed by atoms with E-state index in [1.54, 1.807) is 24.3 Å². The van der Waals surface area contributed by atoms with Gasteiger partial charge in [0.25, 0.3) is 15.9 Å². The van der Waals surface area contributed by atoms with E-state index in [4.69, 9.17) is 0 Å². The summed E-state index contributed by atoms with van der Waals surface area (Å²) in [6.07, 6.45) is 1.81. The first-order valence-corrected chi connectivity index (χ1v) is 14.9. The van der Waals surface area contributed by atoms with Crippen molar-refractivity contribution in [1.82, 2.24) is 9.21 Å². The van der Waals surface area contributed by atoms with Crippen molar-refractivity contribution in [3.05, 3.63) is 48.5 Å². The van der Waals surface area contributed by atoms with Crippen molar-refractivity contribution >= 4 is 31.4 Å². The molecular formula is C24H32F2N4O4S2. The van der Waals surface area contributed by atoms with Crippen molar-refractivity contribution < 1.29 is 25.6 Å². The summed E-state index contributed by atoms with van der Waals surface area (Å²) >= 11 is 0. The maximum atomic E-state index is 14.4. The Kier molecular flexibility index (Phi) is 7.61. The lowest BCUT2D eigenvalue weighted by Gasteiger charge is -2.44. The van der Waals surface area contributed by atoms with Gasteiger partial charge in [0.15, 0.2) is 0 Å².